The monoisotopic (exact) mass is 301 g/mol. The Morgan fingerprint density at radius 2 is 2.14 bits per heavy atom. The number of hydrogen-bond donors (Lipinski definition) is 1. The van der Waals surface area contributed by atoms with Gasteiger partial charge in [0.25, 0.3) is 5.91 Å². The standard InChI is InChI=1S/C14H18F3N3O/c1-8(2)11-13(4-3-5-13)6-20(11)12(21)9-10(14(15,16)17)19-7-18-9/h7-8,11H,3-6H2,1-2H3,(H,18,19). The lowest BCUT2D eigenvalue weighted by molar-refractivity contribution is -0.142. The van der Waals surface area contributed by atoms with Gasteiger partial charge in [0.1, 0.15) is 0 Å². The van der Waals surface area contributed by atoms with Crippen LogP contribution in [0.15, 0.2) is 6.33 Å². The minimum Gasteiger partial charge on any atom is -0.340 e. The zero-order valence-electron chi connectivity index (χ0n) is 12.0. The van der Waals surface area contributed by atoms with Gasteiger partial charge in [-0.25, -0.2) is 4.98 Å². The molecule has 0 radical (unpaired) electrons. The summed E-state index contributed by atoms with van der Waals surface area (Å²) in [6.45, 7) is 4.58. The topological polar surface area (TPSA) is 49.0 Å². The van der Waals surface area contributed by atoms with E-state index in [1.807, 2.05) is 18.8 Å². The summed E-state index contributed by atoms with van der Waals surface area (Å²) < 4.78 is 38.6. The summed E-state index contributed by atoms with van der Waals surface area (Å²) >= 11 is 0. The van der Waals surface area contributed by atoms with E-state index < -0.39 is 23.5 Å². The first-order valence-corrected chi connectivity index (χ1v) is 7.18. The molecule has 1 aromatic rings. The third-order valence-electron chi connectivity index (χ3n) is 4.82. The molecule has 1 aliphatic carbocycles. The third-order valence-corrected chi connectivity index (χ3v) is 4.82. The van der Waals surface area contributed by atoms with Gasteiger partial charge >= 0.3 is 6.18 Å². The van der Waals surface area contributed by atoms with Crippen molar-refractivity contribution in [1.82, 2.24) is 14.9 Å². The van der Waals surface area contributed by atoms with Gasteiger partial charge in [-0.1, -0.05) is 20.3 Å². The number of halogens is 3. The number of alkyl halides is 3. The van der Waals surface area contributed by atoms with Crippen molar-refractivity contribution < 1.29 is 18.0 Å². The van der Waals surface area contributed by atoms with Crippen LogP contribution in [0.4, 0.5) is 13.2 Å². The molecule has 0 bridgehead atoms. The Labute approximate surface area is 120 Å². The fraction of sp³-hybridized carbons (Fsp3) is 0.714. The van der Waals surface area contributed by atoms with Gasteiger partial charge in [-0.05, 0) is 18.8 Å². The molecule has 2 heterocycles. The highest BCUT2D eigenvalue weighted by Crippen LogP contribution is 2.55. The van der Waals surface area contributed by atoms with Gasteiger partial charge in [0, 0.05) is 18.0 Å². The molecule has 1 aromatic heterocycles. The summed E-state index contributed by atoms with van der Waals surface area (Å²) in [4.78, 5) is 19.6. The highest BCUT2D eigenvalue weighted by Gasteiger charge is 2.59. The smallest absolute Gasteiger partial charge is 0.340 e. The fourth-order valence-electron chi connectivity index (χ4n) is 3.91. The first-order chi connectivity index (χ1) is 9.76. The fourth-order valence-corrected chi connectivity index (χ4v) is 3.91. The number of carbonyl (C=O) groups is 1. The highest BCUT2D eigenvalue weighted by atomic mass is 19.4. The molecule has 1 atom stereocenters. The molecule has 1 saturated carbocycles. The van der Waals surface area contributed by atoms with Crippen LogP contribution in [0.1, 0.15) is 49.3 Å². The summed E-state index contributed by atoms with van der Waals surface area (Å²) in [5, 5.41) is 0. The van der Waals surface area contributed by atoms with E-state index in [1.54, 1.807) is 4.90 Å². The van der Waals surface area contributed by atoms with E-state index in [9.17, 15) is 18.0 Å². The molecule has 1 saturated heterocycles. The van der Waals surface area contributed by atoms with Crippen molar-refractivity contribution in [2.75, 3.05) is 6.54 Å². The van der Waals surface area contributed by atoms with Crippen molar-refractivity contribution in [3.8, 4) is 0 Å². The summed E-state index contributed by atoms with van der Waals surface area (Å²) in [6.07, 6.45) is -0.396. The lowest BCUT2D eigenvalue weighted by Crippen LogP contribution is -2.70. The van der Waals surface area contributed by atoms with Crippen LogP contribution < -0.4 is 0 Å². The number of H-pyrrole nitrogens is 1. The maximum absolute atomic E-state index is 12.9. The molecule has 1 unspecified atom stereocenters. The quantitative estimate of drug-likeness (QED) is 0.912. The van der Waals surface area contributed by atoms with Crippen LogP contribution >= 0.6 is 0 Å². The number of aromatic nitrogens is 2. The van der Waals surface area contributed by atoms with Crippen LogP contribution in [0.5, 0.6) is 0 Å². The number of hydrogen-bond acceptors (Lipinski definition) is 2. The van der Waals surface area contributed by atoms with E-state index in [1.165, 1.54) is 0 Å². The Bertz CT molecular complexity index is 560. The third kappa shape index (κ3) is 2.05. The van der Waals surface area contributed by atoms with Crippen molar-refractivity contribution >= 4 is 5.91 Å². The van der Waals surface area contributed by atoms with E-state index in [-0.39, 0.29) is 17.4 Å². The Balaban J connectivity index is 1.85. The molecule has 3 rings (SSSR count). The van der Waals surface area contributed by atoms with E-state index in [2.05, 4.69) is 4.98 Å². The summed E-state index contributed by atoms with van der Waals surface area (Å²) in [6, 6.07) is 0.0246. The lowest BCUT2D eigenvalue weighted by Gasteiger charge is -2.64. The Morgan fingerprint density at radius 1 is 1.48 bits per heavy atom. The van der Waals surface area contributed by atoms with Gasteiger partial charge in [-0.3, -0.25) is 4.79 Å². The number of amides is 1. The van der Waals surface area contributed by atoms with Crippen molar-refractivity contribution in [3.63, 3.8) is 0 Å². The molecule has 116 valence electrons. The second kappa shape index (κ2) is 4.48. The zero-order chi connectivity index (χ0) is 15.4. The van der Waals surface area contributed by atoms with Crippen molar-refractivity contribution in [2.24, 2.45) is 11.3 Å². The van der Waals surface area contributed by atoms with Crippen LogP contribution in [0.2, 0.25) is 0 Å². The molecule has 4 nitrogen and oxygen atoms in total. The minimum atomic E-state index is -4.59. The number of nitrogens with zero attached hydrogens (tertiary/aromatic N) is 2. The second-order valence-electron chi connectivity index (χ2n) is 6.46. The number of aromatic amines is 1. The molecule has 2 aliphatic rings. The molecule has 1 amide bonds. The zero-order valence-corrected chi connectivity index (χ0v) is 12.0. The van der Waals surface area contributed by atoms with Crippen LogP contribution in [-0.4, -0.2) is 33.4 Å². The summed E-state index contributed by atoms with van der Waals surface area (Å²) in [5.74, 6) is -0.379. The van der Waals surface area contributed by atoms with Gasteiger partial charge in [0.2, 0.25) is 0 Å². The van der Waals surface area contributed by atoms with E-state index >= 15 is 0 Å². The number of likely N-dealkylation sites (tertiary alicyclic amines) is 1. The minimum absolute atomic E-state index is 0.0246. The van der Waals surface area contributed by atoms with Crippen molar-refractivity contribution in [3.05, 3.63) is 17.7 Å². The Morgan fingerprint density at radius 3 is 2.62 bits per heavy atom. The second-order valence-corrected chi connectivity index (χ2v) is 6.46. The normalized spacial score (nSPS) is 24.1. The maximum atomic E-state index is 12.9. The van der Waals surface area contributed by atoms with Crippen LogP contribution in [-0.2, 0) is 6.18 Å². The van der Waals surface area contributed by atoms with E-state index in [0.717, 1.165) is 25.6 Å². The average molecular weight is 301 g/mol. The van der Waals surface area contributed by atoms with Gasteiger partial charge in [-0.15, -0.1) is 0 Å². The number of rotatable bonds is 2. The van der Waals surface area contributed by atoms with Crippen LogP contribution in [0.25, 0.3) is 0 Å². The van der Waals surface area contributed by atoms with Gasteiger partial charge < -0.3 is 9.88 Å². The molecule has 2 fully saturated rings. The Hall–Kier alpha value is -1.53. The first-order valence-electron chi connectivity index (χ1n) is 7.18. The van der Waals surface area contributed by atoms with Crippen molar-refractivity contribution in [1.29, 1.82) is 0 Å². The van der Waals surface area contributed by atoms with Crippen LogP contribution in [0.3, 0.4) is 0 Å². The predicted molar refractivity (Wildman–Crippen MR) is 69.5 cm³/mol. The predicted octanol–water partition coefficient (Wildman–Crippen LogP) is 3.08. The molecular weight excluding hydrogens is 283 g/mol. The van der Waals surface area contributed by atoms with Gasteiger partial charge in [0.05, 0.1) is 6.33 Å². The largest absolute Gasteiger partial charge is 0.433 e. The van der Waals surface area contributed by atoms with Crippen LogP contribution in [0, 0.1) is 11.3 Å². The van der Waals surface area contributed by atoms with E-state index in [0.29, 0.717) is 6.54 Å². The number of imidazole rings is 1. The number of carbonyl (C=O) groups excluding carboxylic acids is 1. The molecule has 0 aromatic carbocycles. The van der Waals surface area contributed by atoms with Gasteiger partial charge in [0.15, 0.2) is 11.4 Å². The van der Waals surface area contributed by atoms with E-state index in [4.69, 9.17) is 0 Å². The average Bonchev–Trinajstić information content (AvgIpc) is 2.72. The molecule has 7 heteroatoms. The molecular formula is C14H18F3N3O. The van der Waals surface area contributed by atoms with Crippen molar-refractivity contribution in [2.45, 2.75) is 45.3 Å². The molecule has 21 heavy (non-hydrogen) atoms. The number of nitrogens with one attached hydrogen (secondary N) is 1. The SMILES string of the molecule is CC(C)C1N(C(=O)c2nc[nH]c2C(F)(F)F)CC12CCC2. The summed E-state index contributed by atoms with van der Waals surface area (Å²) in [7, 11) is 0. The lowest BCUT2D eigenvalue weighted by atomic mass is 9.55. The summed E-state index contributed by atoms with van der Waals surface area (Å²) in [5.41, 5.74) is -1.43. The highest BCUT2D eigenvalue weighted by molar-refractivity contribution is 5.94. The van der Waals surface area contributed by atoms with Gasteiger partial charge in [-0.2, -0.15) is 13.2 Å². The Kier molecular flexibility index (Phi) is 3.07. The molecule has 1 aliphatic heterocycles. The molecule has 1 spiro atoms. The first kappa shape index (κ1) is 14.4. The maximum Gasteiger partial charge on any atom is 0.433 e. The molecule has 1 N–H and O–H groups in total.